The van der Waals surface area contributed by atoms with Gasteiger partial charge >= 0.3 is 5.97 Å². The molecule has 2 aromatic heterocycles. The molecule has 5 nitrogen and oxygen atoms in total. The number of aryl methyl sites for hydroxylation is 1. The number of hydrogen-bond acceptors (Lipinski definition) is 4. The van der Waals surface area contributed by atoms with Crippen LogP contribution in [0.3, 0.4) is 0 Å². The predicted octanol–water partition coefficient (Wildman–Crippen LogP) is 2.91. The van der Waals surface area contributed by atoms with Gasteiger partial charge in [0, 0.05) is 5.69 Å². The molecule has 0 bridgehead atoms. The Hall–Kier alpha value is -2.69. The van der Waals surface area contributed by atoms with E-state index in [1.54, 1.807) is 11.6 Å². The number of pyridine rings is 1. The van der Waals surface area contributed by atoms with Gasteiger partial charge in [-0.15, -0.1) is 0 Å². The Kier molecular flexibility index (Phi) is 3.39. The van der Waals surface area contributed by atoms with Crippen LogP contribution in [-0.2, 0) is 4.74 Å². The van der Waals surface area contributed by atoms with Crippen molar-refractivity contribution < 1.29 is 9.53 Å². The Labute approximate surface area is 122 Å². The van der Waals surface area contributed by atoms with Gasteiger partial charge in [0.15, 0.2) is 11.3 Å². The fraction of sp³-hybridized carbons (Fsp3) is 0.188. The number of ether oxygens (including phenoxy) is 1. The molecule has 0 atom stereocenters. The van der Waals surface area contributed by atoms with Gasteiger partial charge in [-0.05, 0) is 38.1 Å². The highest BCUT2D eigenvalue weighted by Crippen LogP contribution is 2.21. The molecule has 0 spiro atoms. The summed E-state index contributed by atoms with van der Waals surface area (Å²) in [5, 5.41) is 5.10. The summed E-state index contributed by atoms with van der Waals surface area (Å²) in [7, 11) is 0. The van der Waals surface area contributed by atoms with E-state index in [0.717, 1.165) is 11.4 Å². The molecule has 1 aromatic carbocycles. The van der Waals surface area contributed by atoms with Crippen molar-refractivity contribution in [1.29, 1.82) is 0 Å². The summed E-state index contributed by atoms with van der Waals surface area (Å²) in [5.41, 5.74) is 2.68. The second-order valence-electron chi connectivity index (χ2n) is 4.64. The first kappa shape index (κ1) is 13.3. The predicted molar refractivity (Wildman–Crippen MR) is 79.6 cm³/mol. The third-order valence-electron chi connectivity index (χ3n) is 3.14. The molecule has 0 saturated carbocycles. The van der Waals surface area contributed by atoms with Crippen molar-refractivity contribution in [2.24, 2.45) is 0 Å². The highest BCUT2D eigenvalue weighted by molar-refractivity contribution is 6.01. The number of hydrogen-bond donors (Lipinski definition) is 0. The largest absolute Gasteiger partial charge is 0.461 e. The van der Waals surface area contributed by atoms with E-state index in [1.807, 2.05) is 49.4 Å². The van der Waals surface area contributed by atoms with Crippen molar-refractivity contribution in [3.8, 4) is 5.69 Å². The van der Waals surface area contributed by atoms with Crippen molar-refractivity contribution in [3.63, 3.8) is 0 Å². The minimum Gasteiger partial charge on any atom is -0.461 e. The maximum absolute atomic E-state index is 12.1. The minimum atomic E-state index is -0.428. The highest BCUT2D eigenvalue weighted by Gasteiger charge is 2.19. The van der Waals surface area contributed by atoms with E-state index in [4.69, 9.17) is 4.74 Å². The molecular formula is C16H15N3O2. The molecule has 0 N–H and O–H groups in total. The van der Waals surface area contributed by atoms with E-state index in [0.29, 0.717) is 23.3 Å². The second-order valence-corrected chi connectivity index (χ2v) is 4.64. The normalized spacial score (nSPS) is 10.8. The van der Waals surface area contributed by atoms with E-state index in [2.05, 4.69) is 10.1 Å². The SMILES string of the molecule is CCOC(=O)c1nn(-c2ccccc2)c2nc(C)ccc12. The van der Waals surface area contributed by atoms with Gasteiger partial charge in [-0.1, -0.05) is 18.2 Å². The van der Waals surface area contributed by atoms with Crippen LogP contribution in [0.5, 0.6) is 0 Å². The van der Waals surface area contributed by atoms with Gasteiger partial charge in [-0.2, -0.15) is 5.10 Å². The number of esters is 1. The summed E-state index contributed by atoms with van der Waals surface area (Å²) in [4.78, 5) is 16.6. The van der Waals surface area contributed by atoms with Gasteiger partial charge in [-0.25, -0.2) is 14.5 Å². The zero-order valence-electron chi connectivity index (χ0n) is 11.9. The maximum atomic E-state index is 12.1. The first-order valence-electron chi connectivity index (χ1n) is 6.79. The monoisotopic (exact) mass is 281 g/mol. The molecule has 3 aromatic rings. The van der Waals surface area contributed by atoms with Gasteiger partial charge in [0.05, 0.1) is 17.7 Å². The molecule has 0 aliphatic rings. The van der Waals surface area contributed by atoms with Crippen molar-refractivity contribution >= 4 is 17.0 Å². The first-order valence-corrected chi connectivity index (χ1v) is 6.79. The summed E-state index contributed by atoms with van der Waals surface area (Å²) in [5.74, 6) is -0.428. The molecule has 0 radical (unpaired) electrons. The summed E-state index contributed by atoms with van der Waals surface area (Å²) in [6.45, 7) is 4.00. The molecule has 0 amide bonds. The fourth-order valence-electron chi connectivity index (χ4n) is 2.19. The molecule has 21 heavy (non-hydrogen) atoms. The van der Waals surface area contributed by atoms with Crippen LogP contribution in [0.15, 0.2) is 42.5 Å². The molecule has 3 rings (SSSR count). The topological polar surface area (TPSA) is 57.0 Å². The standard InChI is InChI=1S/C16H15N3O2/c1-3-21-16(20)14-13-10-9-11(2)17-15(13)19(18-14)12-7-5-4-6-8-12/h4-10H,3H2,1-2H3. The summed E-state index contributed by atoms with van der Waals surface area (Å²) < 4.78 is 6.75. The van der Waals surface area contributed by atoms with E-state index in [9.17, 15) is 4.79 Å². The van der Waals surface area contributed by atoms with Crippen LogP contribution >= 0.6 is 0 Å². The van der Waals surface area contributed by atoms with Crippen molar-refractivity contribution in [1.82, 2.24) is 14.8 Å². The molecule has 0 unspecified atom stereocenters. The van der Waals surface area contributed by atoms with Gasteiger partial charge in [-0.3, -0.25) is 0 Å². The lowest BCUT2D eigenvalue weighted by Gasteiger charge is -2.02. The Morgan fingerprint density at radius 3 is 2.67 bits per heavy atom. The third-order valence-corrected chi connectivity index (χ3v) is 3.14. The number of fused-ring (bicyclic) bond motifs is 1. The lowest BCUT2D eigenvalue weighted by atomic mass is 10.2. The van der Waals surface area contributed by atoms with Crippen molar-refractivity contribution in [2.45, 2.75) is 13.8 Å². The van der Waals surface area contributed by atoms with Gasteiger partial charge in [0.2, 0.25) is 0 Å². The molecule has 0 saturated heterocycles. The summed E-state index contributed by atoms with van der Waals surface area (Å²) in [6.07, 6.45) is 0. The van der Waals surface area contributed by atoms with Gasteiger partial charge in [0.25, 0.3) is 0 Å². The van der Waals surface area contributed by atoms with Crippen LogP contribution in [0.25, 0.3) is 16.7 Å². The van der Waals surface area contributed by atoms with Crippen LogP contribution in [0.1, 0.15) is 23.1 Å². The number of carbonyl (C=O) groups excluding carboxylic acids is 1. The maximum Gasteiger partial charge on any atom is 0.359 e. The first-order chi connectivity index (χ1) is 10.2. The average molecular weight is 281 g/mol. The molecule has 106 valence electrons. The summed E-state index contributed by atoms with van der Waals surface area (Å²) >= 11 is 0. The average Bonchev–Trinajstić information content (AvgIpc) is 2.87. The van der Waals surface area contributed by atoms with Crippen LogP contribution in [0.4, 0.5) is 0 Å². The fourth-order valence-corrected chi connectivity index (χ4v) is 2.19. The van der Waals surface area contributed by atoms with Crippen LogP contribution in [0.2, 0.25) is 0 Å². The lowest BCUT2D eigenvalue weighted by Crippen LogP contribution is -2.07. The molecular weight excluding hydrogens is 266 g/mol. The van der Waals surface area contributed by atoms with E-state index < -0.39 is 5.97 Å². The van der Waals surface area contributed by atoms with Crippen molar-refractivity contribution in [2.75, 3.05) is 6.61 Å². The Bertz CT molecular complexity index is 794. The Balaban J connectivity index is 2.25. The zero-order valence-corrected chi connectivity index (χ0v) is 11.9. The Morgan fingerprint density at radius 1 is 1.19 bits per heavy atom. The molecule has 0 fully saturated rings. The number of nitrogens with zero attached hydrogens (tertiary/aromatic N) is 3. The number of aromatic nitrogens is 3. The molecule has 0 aliphatic heterocycles. The third kappa shape index (κ3) is 2.38. The second kappa shape index (κ2) is 5.36. The molecule has 5 heteroatoms. The zero-order chi connectivity index (χ0) is 14.8. The van der Waals surface area contributed by atoms with Crippen LogP contribution in [-0.4, -0.2) is 27.3 Å². The number of carbonyl (C=O) groups is 1. The van der Waals surface area contributed by atoms with Crippen LogP contribution in [0, 0.1) is 6.92 Å². The van der Waals surface area contributed by atoms with E-state index in [1.165, 1.54) is 0 Å². The van der Waals surface area contributed by atoms with Gasteiger partial charge < -0.3 is 4.74 Å². The number of para-hydroxylation sites is 1. The Morgan fingerprint density at radius 2 is 1.95 bits per heavy atom. The van der Waals surface area contributed by atoms with Crippen molar-refractivity contribution in [3.05, 3.63) is 53.9 Å². The highest BCUT2D eigenvalue weighted by atomic mass is 16.5. The smallest absolute Gasteiger partial charge is 0.359 e. The molecule has 0 aliphatic carbocycles. The summed E-state index contributed by atoms with van der Waals surface area (Å²) in [6, 6.07) is 13.3. The quantitative estimate of drug-likeness (QED) is 0.693. The van der Waals surface area contributed by atoms with E-state index >= 15 is 0 Å². The van der Waals surface area contributed by atoms with E-state index in [-0.39, 0.29) is 0 Å². The number of benzene rings is 1. The number of rotatable bonds is 3. The minimum absolute atomic E-state index is 0.295. The van der Waals surface area contributed by atoms with Crippen LogP contribution < -0.4 is 0 Å². The van der Waals surface area contributed by atoms with Gasteiger partial charge in [0.1, 0.15) is 0 Å². The molecule has 2 heterocycles. The lowest BCUT2D eigenvalue weighted by molar-refractivity contribution is 0.0521.